The Morgan fingerprint density at radius 3 is 2.64 bits per heavy atom. The summed E-state index contributed by atoms with van der Waals surface area (Å²) in [6.45, 7) is 2.74. The van der Waals surface area contributed by atoms with E-state index in [0.717, 1.165) is 22.0 Å². The molecule has 0 N–H and O–H groups in total. The lowest BCUT2D eigenvalue weighted by Gasteiger charge is -2.39. The van der Waals surface area contributed by atoms with Crippen molar-refractivity contribution in [2.24, 2.45) is 0 Å². The number of carbonyl (C=O) groups is 1. The van der Waals surface area contributed by atoms with E-state index in [2.05, 4.69) is 26.0 Å². The van der Waals surface area contributed by atoms with Gasteiger partial charge in [-0.15, -0.1) is 0 Å². The Kier molecular flexibility index (Phi) is 7.36. The summed E-state index contributed by atoms with van der Waals surface area (Å²) >= 11 is 0. The summed E-state index contributed by atoms with van der Waals surface area (Å²) in [5.74, 6) is 0.708. The Balaban J connectivity index is 1.41. The van der Waals surface area contributed by atoms with Crippen LogP contribution in [-0.4, -0.2) is 62.8 Å². The molecule has 39 heavy (non-hydrogen) atoms. The summed E-state index contributed by atoms with van der Waals surface area (Å²) in [6, 6.07) is 12.8. The van der Waals surface area contributed by atoms with Crippen molar-refractivity contribution in [1.29, 1.82) is 5.26 Å². The van der Waals surface area contributed by atoms with E-state index in [9.17, 15) is 18.8 Å². The first-order valence-corrected chi connectivity index (χ1v) is 12.6. The van der Waals surface area contributed by atoms with Crippen LogP contribution in [0.4, 0.5) is 14.7 Å². The van der Waals surface area contributed by atoms with Gasteiger partial charge in [0.25, 0.3) is 0 Å². The zero-order chi connectivity index (χ0) is 27.5. The summed E-state index contributed by atoms with van der Waals surface area (Å²) in [5.41, 5.74) is 3.58. The van der Waals surface area contributed by atoms with Crippen molar-refractivity contribution in [1.82, 2.24) is 24.6 Å². The van der Waals surface area contributed by atoms with Crippen molar-refractivity contribution >= 4 is 22.8 Å². The highest BCUT2D eigenvalue weighted by atomic mass is 19.3. The standard InChI is InChI=1S/C28H27F2N7O2/c1-18-16-35(10-11-36(18)19(2)38)28-32-13-23(14-33-28)21-6-7-22-15-34-37(25(22)12-21)17-24-20(8-9-31)4-3-5-26(24)39-27(29)30/h3-7,12-15,18,27H,8,10-11,16-17H2,1-2H3/t18-/m1/s1. The van der Waals surface area contributed by atoms with E-state index in [1.807, 2.05) is 30.0 Å². The second-order valence-electron chi connectivity index (χ2n) is 9.46. The van der Waals surface area contributed by atoms with Crippen LogP contribution in [0.15, 0.2) is 55.0 Å². The van der Waals surface area contributed by atoms with Gasteiger partial charge in [-0.05, 0) is 30.2 Å². The number of rotatable bonds is 7. The van der Waals surface area contributed by atoms with Gasteiger partial charge in [0.2, 0.25) is 11.9 Å². The van der Waals surface area contributed by atoms with E-state index < -0.39 is 6.61 Å². The molecule has 9 nitrogen and oxygen atoms in total. The quantitative estimate of drug-likeness (QED) is 0.351. The molecule has 0 bridgehead atoms. The van der Waals surface area contributed by atoms with Gasteiger partial charge in [0.05, 0.1) is 30.7 Å². The van der Waals surface area contributed by atoms with E-state index in [-0.39, 0.29) is 30.7 Å². The number of fused-ring (bicyclic) bond motifs is 1. The summed E-state index contributed by atoms with van der Waals surface area (Å²) in [7, 11) is 0. The van der Waals surface area contributed by atoms with Gasteiger partial charge in [-0.2, -0.15) is 19.1 Å². The molecule has 11 heteroatoms. The van der Waals surface area contributed by atoms with Gasteiger partial charge in [0.1, 0.15) is 5.75 Å². The molecule has 1 aliphatic rings. The summed E-state index contributed by atoms with van der Waals surface area (Å²) in [6.07, 6.45) is 5.31. The molecule has 0 aliphatic carbocycles. The first-order valence-electron chi connectivity index (χ1n) is 12.6. The number of anilines is 1. The van der Waals surface area contributed by atoms with Crippen LogP contribution in [0.3, 0.4) is 0 Å². The highest BCUT2D eigenvalue weighted by Crippen LogP contribution is 2.29. The Morgan fingerprint density at radius 1 is 1.15 bits per heavy atom. The van der Waals surface area contributed by atoms with Gasteiger partial charge in [-0.1, -0.05) is 24.3 Å². The lowest BCUT2D eigenvalue weighted by Crippen LogP contribution is -2.53. The molecule has 0 saturated carbocycles. The van der Waals surface area contributed by atoms with Crippen LogP contribution in [0.25, 0.3) is 22.0 Å². The van der Waals surface area contributed by atoms with E-state index in [1.165, 1.54) is 6.07 Å². The second-order valence-corrected chi connectivity index (χ2v) is 9.46. The number of piperazine rings is 1. The van der Waals surface area contributed by atoms with E-state index >= 15 is 0 Å². The number of hydrogen-bond donors (Lipinski definition) is 0. The van der Waals surface area contributed by atoms with Gasteiger partial charge in [0, 0.05) is 61.5 Å². The number of amides is 1. The van der Waals surface area contributed by atoms with Crippen LogP contribution in [-0.2, 0) is 17.8 Å². The SMILES string of the molecule is CC(=O)N1CCN(c2ncc(-c3ccc4cnn(Cc5c(CC#N)cccc5OC(F)F)c4c3)cn2)C[C@H]1C. The molecule has 2 aromatic heterocycles. The molecule has 0 radical (unpaired) electrons. The number of alkyl halides is 2. The average Bonchev–Trinajstić information content (AvgIpc) is 3.32. The monoisotopic (exact) mass is 531 g/mol. The number of nitrogens with zero attached hydrogens (tertiary/aromatic N) is 7. The predicted octanol–water partition coefficient (Wildman–Crippen LogP) is 4.27. The Bertz CT molecular complexity index is 1530. The molecule has 3 heterocycles. The summed E-state index contributed by atoms with van der Waals surface area (Å²) in [5, 5.41) is 14.6. The van der Waals surface area contributed by atoms with Gasteiger partial charge >= 0.3 is 6.61 Å². The highest BCUT2D eigenvalue weighted by Gasteiger charge is 2.26. The average molecular weight is 532 g/mol. The fraction of sp³-hybridized carbons (Fsp3) is 0.321. The lowest BCUT2D eigenvalue weighted by molar-refractivity contribution is -0.131. The first-order chi connectivity index (χ1) is 18.8. The Hall–Kier alpha value is -4.59. The molecule has 5 rings (SSSR count). The maximum atomic E-state index is 13.1. The maximum Gasteiger partial charge on any atom is 0.387 e. The Labute approximate surface area is 224 Å². The minimum atomic E-state index is -2.98. The van der Waals surface area contributed by atoms with Gasteiger partial charge in [-0.3, -0.25) is 9.48 Å². The molecule has 200 valence electrons. The normalized spacial score (nSPS) is 15.5. The number of benzene rings is 2. The number of aromatic nitrogens is 4. The lowest BCUT2D eigenvalue weighted by atomic mass is 10.0. The van der Waals surface area contributed by atoms with E-state index in [1.54, 1.807) is 42.3 Å². The molecule has 2 aromatic carbocycles. The fourth-order valence-electron chi connectivity index (χ4n) is 5.01. The smallest absolute Gasteiger partial charge is 0.387 e. The van der Waals surface area contributed by atoms with Crippen molar-refractivity contribution in [3.8, 4) is 22.9 Å². The van der Waals surface area contributed by atoms with Gasteiger partial charge in [0.15, 0.2) is 0 Å². The summed E-state index contributed by atoms with van der Waals surface area (Å²) < 4.78 is 32.6. The third kappa shape index (κ3) is 5.50. The number of halogens is 2. The second kappa shape index (κ2) is 11.0. The van der Waals surface area contributed by atoms with Crippen molar-refractivity contribution in [3.63, 3.8) is 0 Å². The third-order valence-corrected chi connectivity index (χ3v) is 6.95. The molecule has 1 saturated heterocycles. The number of nitriles is 1. The topological polar surface area (TPSA) is 100 Å². The van der Waals surface area contributed by atoms with Crippen LogP contribution >= 0.6 is 0 Å². The minimum absolute atomic E-state index is 0.0278. The Morgan fingerprint density at radius 2 is 1.95 bits per heavy atom. The van der Waals surface area contributed by atoms with Crippen molar-refractivity contribution < 1.29 is 18.3 Å². The minimum Gasteiger partial charge on any atom is -0.434 e. The molecule has 0 spiro atoms. The molecule has 0 unspecified atom stereocenters. The number of ether oxygens (including phenoxy) is 1. The van der Waals surface area contributed by atoms with E-state index in [4.69, 9.17) is 4.74 Å². The van der Waals surface area contributed by atoms with Crippen molar-refractivity contribution in [2.45, 2.75) is 39.5 Å². The maximum absolute atomic E-state index is 13.1. The van der Waals surface area contributed by atoms with Crippen LogP contribution < -0.4 is 9.64 Å². The fourth-order valence-corrected chi connectivity index (χ4v) is 5.01. The highest BCUT2D eigenvalue weighted by molar-refractivity contribution is 5.84. The van der Waals surface area contributed by atoms with Crippen LogP contribution in [0.2, 0.25) is 0 Å². The zero-order valence-corrected chi connectivity index (χ0v) is 21.6. The molecule has 4 aromatic rings. The molecule has 1 atom stereocenters. The van der Waals surface area contributed by atoms with Gasteiger partial charge in [-0.25, -0.2) is 9.97 Å². The molecule has 1 fully saturated rings. The zero-order valence-electron chi connectivity index (χ0n) is 21.6. The van der Waals surface area contributed by atoms with Gasteiger partial charge < -0.3 is 14.5 Å². The largest absolute Gasteiger partial charge is 0.434 e. The van der Waals surface area contributed by atoms with Crippen molar-refractivity contribution in [3.05, 3.63) is 66.1 Å². The molecular weight excluding hydrogens is 504 g/mol. The van der Waals surface area contributed by atoms with Crippen molar-refractivity contribution in [2.75, 3.05) is 24.5 Å². The van der Waals surface area contributed by atoms with E-state index in [0.29, 0.717) is 36.7 Å². The third-order valence-electron chi connectivity index (χ3n) is 6.95. The molecule has 1 aliphatic heterocycles. The predicted molar refractivity (Wildman–Crippen MR) is 141 cm³/mol. The first kappa shape index (κ1) is 26.0. The molecule has 1 amide bonds. The molecular formula is C28H27F2N7O2. The summed E-state index contributed by atoms with van der Waals surface area (Å²) in [4.78, 5) is 24.9. The number of carbonyl (C=O) groups excluding carboxylic acids is 1. The van der Waals surface area contributed by atoms with Crippen LogP contribution in [0.1, 0.15) is 25.0 Å². The number of hydrogen-bond acceptors (Lipinski definition) is 7. The van der Waals surface area contributed by atoms with Crippen LogP contribution in [0, 0.1) is 11.3 Å². The van der Waals surface area contributed by atoms with Crippen LogP contribution in [0.5, 0.6) is 5.75 Å².